The summed E-state index contributed by atoms with van der Waals surface area (Å²) in [5, 5.41) is 7.87. The average Bonchev–Trinajstić information content (AvgIpc) is 3.44. The third-order valence-corrected chi connectivity index (χ3v) is 4.14. The van der Waals surface area contributed by atoms with Gasteiger partial charge in [0.2, 0.25) is 0 Å². The lowest BCUT2D eigenvalue weighted by atomic mass is 10.1. The van der Waals surface area contributed by atoms with Gasteiger partial charge < -0.3 is 16.0 Å². The fraction of sp³-hybridized carbons (Fsp3) is 0.263. The molecule has 0 spiro atoms. The molecule has 0 radical (unpaired) electrons. The zero-order valence-electron chi connectivity index (χ0n) is 13.9. The van der Waals surface area contributed by atoms with Gasteiger partial charge in [-0.1, -0.05) is 18.2 Å². The van der Waals surface area contributed by atoms with Crippen LogP contribution >= 0.6 is 0 Å². The van der Waals surface area contributed by atoms with Crippen LogP contribution in [0.1, 0.15) is 40.2 Å². The summed E-state index contributed by atoms with van der Waals surface area (Å²) in [5.74, 6) is -0.133. The van der Waals surface area contributed by atoms with Gasteiger partial charge in [0.1, 0.15) is 5.82 Å². The minimum Gasteiger partial charge on any atom is -0.355 e. The van der Waals surface area contributed by atoms with E-state index < -0.39 is 6.03 Å². The van der Waals surface area contributed by atoms with Crippen molar-refractivity contribution in [3.63, 3.8) is 0 Å². The number of urea groups is 1. The molecule has 5 nitrogen and oxygen atoms in total. The number of nitrogens with one attached hydrogen (secondary N) is 3. The first-order valence-corrected chi connectivity index (χ1v) is 8.22. The van der Waals surface area contributed by atoms with Crippen molar-refractivity contribution in [3.8, 4) is 0 Å². The van der Waals surface area contributed by atoms with E-state index in [-0.39, 0.29) is 18.3 Å². The third-order valence-electron chi connectivity index (χ3n) is 4.14. The molecule has 1 aliphatic rings. The molecule has 0 bridgehead atoms. The molecular weight excluding hydrogens is 321 g/mol. The molecule has 2 aromatic carbocycles. The molecule has 0 aliphatic heterocycles. The van der Waals surface area contributed by atoms with Crippen LogP contribution in [0.5, 0.6) is 0 Å². The van der Waals surface area contributed by atoms with Crippen LogP contribution < -0.4 is 16.0 Å². The van der Waals surface area contributed by atoms with E-state index >= 15 is 0 Å². The molecule has 6 heteroatoms. The summed E-state index contributed by atoms with van der Waals surface area (Å²) in [6, 6.07) is 11.3. The molecule has 0 aromatic heterocycles. The highest BCUT2D eigenvalue weighted by Crippen LogP contribution is 2.41. The highest BCUT2D eigenvalue weighted by Gasteiger charge is 2.26. The Labute approximate surface area is 145 Å². The number of rotatable bonds is 5. The van der Waals surface area contributed by atoms with Crippen LogP contribution in [0.4, 0.5) is 14.9 Å². The molecule has 25 heavy (non-hydrogen) atoms. The standard InChI is InChI=1S/C19H20FN3O2/c1-21-18(24)14-4-2-3-12(9-14)11-22-19(25)23-15-7-8-16(13-5-6-13)17(20)10-15/h2-4,7-10,13H,5-6,11H2,1H3,(H,21,24)(H2,22,23,25). The fourth-order valence-corrected chi connectivity index (χ4v) is 2.65. The molecule has 2 aromatic rings. The first-order chi connectivity index (χ1) is 12.1. The van der Waals surface area contributed by atoms with Gasteiger partial charge in [0.05, 0.1) is 0 Å². The van der Waals surface area contributed by atoms with Gasteiger partial charge in [-0.2, -0.15) is 0 Å². The number of amides is 3. The summed E-state index contributed by atoms with van der Waals surface area (Å²) in [4.78, 5) is 23.6. The number of halogens is 1. The van der Waals surface area contributed by atoms with E-state index in [0.717, 1.165) is 24.0 Å². The Morgan fingerprint density at radius 2 is 1.96 bits per heavy atom. The van der Waals surface area contributed by atoms with E-state index in [2.05, 4.69) is 16.0 Å². The molecule has 1 aliphatic carbocycles. The van der Waals surface area contributed by atoms with Gasteiger partial charge in [-0.25, -0.2) is 9.18 Å². The molecule has 3 N–H and O–H groups in total. The second-order valence-corrected chi connectivity index (χ2v) is 6.10. The van der Waals surface area contributed by atoms with Gasteiger partial charge in [0, 0.05) is 24.8 Å². The Morgan fingerprint density at radius 1 is 1.16 bits per heavy atom. The van der Waals surface area contributed by atoms with Crippen LogP contribution in [0.3, 0.4) is 0 Å². The minimum atomic E-state index is -0.427. The molecule has 0 atom stereocenters. The Hall–Kier alpha value is -2.89. The lowest BCUT2D eigenvalue weighted by molar-refractivity contribution is 0.0963. The van der Waals surface area contributed by atoms with Crippen LogP contribution in [0.2, 0.25) is 0 Å². The van der Waals surface area contributed by atoms with Crippen LogP contribution in [-0.2, 0) is 6.54 Å². The number of carbonyl (C=O) groups excluding carboxylic acids is 2. The Balaban J connectivity index is 1.56. The number of benzene rings is 2. The van der Waals surface area contributed by atoms with E-state index in [0.29, 0.717) is 17.2 Å². The number of anilines is 1. The van der Waals surface area contributed by atoms with Crippen molar-refractivity contribution in [2.75, 3.05) is 12.4 Å². The van der Waals surface area contributed by atoms with Crippen LogP contribution in [0.15, 0.2) is 42.5 Å². The molecule has 0 unspecified atom stereocenters. The third kappa shape index (κ3) is 4.35. The summed E-state index contributed by atoms with van der Waals surface area (Å²) in [5.41, 5.74) is 2.46. The summed E-state index contributed by atoms with van der Waals surface area (Å²) >= 11 is 0. The first-order valence-electron chi connectivity index (χ1n) is 8.22. The second-order valence-electron chi connectivity index (χ2n) is 6.10. The zero-order valence-corrected chi connectivity index (χ0v) is 13.9. The second kappa shape index (κ2) is 7.34. The maximum atomic E-state index is 14.0. The molecule has 130 valence electrons. The maximum absolute atomic E-state index is 14.0. The van der Waals surface area contributed by atoms with Crippen molar-refractivity contribution in [2.45, 2.75) is 25.3 Å². The van der Waals surface area contributed by atoms with Gasteiger partial charge in [0.25, 0.3) is 5.91 Å². The first kappa shape index (κ1) is 17.0. The van der Waals surface area contributed by atoms with Crippen molar-refractivity contribution < 1.29 is 14.0 Å². The summed E-state index contributed by atoms with van der Waals surface area (Å²) in [6.45, 7) is 0.263. The van der Waals surface area contributed by atoms with E-state index in [1.165, 1.54) is 6.07 Å². The largest absolute Gasteiger partial charge is 0.355 e. The van der Waals surface area contributed by atoms with Crippen molar-refractivity contribution in [1.82, 2.24) is 10.6 Å². The van der Waals surface area contributed by atoms with Crippen LogP contribution in [-0.4, -0.2) is 19.0 Å². The summed E-state index contributed by atoms with van der Waals surface area (Å²) in [7, 11) is 1.56. The van der Waals surface area contributed by atoms with Crippen molar-refractivity contribution >= 4 is 17.6 Å². The lowest BCUT2D eigenvalue weighted by Crippen LogP contribution is -2.28. The van der Waals surface area contributed by atoms with E-state index in [1.54, 1.807) is 37.4 Å². The predicted molar refractivity (Wildman–Crippen MR) is 94.1 cm³/mol. The van der Waals surface area contributed by atoms with Crippen molar-refractivity contribution in [1.29, 1.82) is 0 Å². The molecule has 0 heterocycles. The normalized spacial score (nSPS) is 13.2. The predicted octanol–water partition coefficient (Wildman–Crippen LogP) is 3.38. The average molecular weight is 341 g/mol. The monoisotopic (exact) mass is 341 g/mol. The van der Waals surface area contributed by atoms with E-state index in [4.69, 9.17) is 0 Å². The smallest absolute Gasteiger partial charge is 0.319 e. The summed E-state index contributed by atoms with van der Waals surface area (Å²) < 4.78 is 14.0. The van der Waals surface area contributed by atoms with Crippen molar-refractivity contribution in [2.24, 2.45) is 0 Å². The lowest BCUT2D eigenvalue weighted by Gasteiger charge is -2.10. The maximum Gasteiger partial charge on any atom is 0.319 e. The van der Waals surface area contributed by atoms with Crippen LogP contribution in [0, 0.1) is 5.82 Å². The van der Waals surface area contributed by atoms with Gasteiger partial charge in [0.15, 0.2) is 0 Å². The Kier molecular flexibility index (Phi) is 4.97. The molecule has 0 saturated heterocycles. The Morgan fingerprint density at radius 3 is 2.64 bits per heavy atom. The molecule has 1 saturated carbocycles. The zero-order chi connectivity index (χ0) is 17.8. The van der Waals surface area contributed by atoms with Crippen LogP contribution in [0.25, 0.3) is 0 Å². The minimum absolute atomic E-state index is 0.183. The topological polar surface area (TPSA) is 70.2 Å². The van der Waals surface area contributed by atoms with Gasteiger partial charge in [-0.15, -0.1) is 0 Å². The van der Waals surface area contributed by atoms with E-state index in [1.807, 2.05) is 6.07 Å². The summed E-state index contributed by atoms with van der Waals surface area (Å²) in [6.07, 6.45) is 2.05. The van der Waals surface area contributed by atoms with Gasteiger partial charge in [-0.3, -0.25) is 4.79 Å². The highest BCUT2D eigenvalue weighted by molar-refractivity contribution is 5.94. The molecule has 3 amide bonds. The Bertz CT molecular complexity index is 803. The fourth-order valence-electron chi connectivity index (χ4n) is 2.65. The SMILES string of the molecule is CNC(=O)c1cccc(CNC(=O)Nc2ccc(C3CC3)c(F)c2)c1. The molecule has 1 fully saturated rings. The van der Waals surface area contributed by atoms with Gasteiger partial charge in [-0.05, 0) is 54.2 Å². The highest BCUT2D eigenvalue weighted by atomic mass is 19.1. The molecular formula is C19H20FN3O2. The van der Waals surface area contributed by atoms with Crippen molar-refractivity contribution in [3.05, 3.63) is 65.0 Å². The number of carbonyl (C=O) groups is 2. The van der Waals surface area contributed by atoms with Gasteiger partial charge >= 0.3 is 6.03 Å². The number of hydrogen-bond acceptors (Lipinski definition) is 2. The van der Waals surface area contributed by atoms with E-state index in [9.17, 15) is 14.0 Å². The molecule has 3 rings (SSSR count). The quantitative estimate of drug-likeness (QED) is 0.780. The number of hydrogen-bond donors (Lipinski definition) is 3.